The molecule has 0 saturated carbocycles. The molecule has 7 heteroatoms. The van der Waals surface area contributed by atoms with E-state index in [0.29, 0.717) is 0 Å². The van der Waals surface area contributed by atoms with E-state index in [1.54, 1.807) is 12.1 Å². The van der Waals surface area contributed by atoms with Gasteiger partial charge in [-0.1, -0.05) is 17.7 Å². The van der Waals surface area contributed by atoms with Crippen LogP contribution in [0.15, 0.2) is 41.3 Å². The first-order chi connectivity index (χ1) is 9.28. The van der Waals surface area contributed by atoms with Crippen LogP contribution in [0.2, 0.25) is 5.02 Å². The van der Waals surface area contributed by atoms with E-state index in [4.69, 9.17) is 17.3 Å². The minimum absolute atomic E-state index is 0.0281. The Kier molecular flexibility index (Phi) is 3.87. The molecule has 0 aliphatic carbocycles. The van der Waals surface area contributed by atoms with Gasteiger partial charge < -0.3 is 5.73 Å². The number of rotatable bonds is 3. The van der Waals surface area contributed by atoms with Crippen LogP contribution in [0.1, 0.15) is 5.56 Å². The second-order valence-corrected chi connectivity index (χ2v) is 6.40. The van der Waals surface area contributed by atoms with Crippen LogP contribution in [0.25, 0.3) is 0 Å². The summed E-state index contributed by atoms with van der Waals surface area (Å²) in [6.07, 6.45) is 0. The Morgan fingerprint density at radius 2 is 1.90 bits per heavy atom. The highest BCUT2D eigenvalue weighted by Gasteiger charge is 2.17. The zero-order valence-electron chi connectivity index (χ0n) is 10.5. The molecule has 2 rings (SSSR count). The van der Waals surface area contributed by atoms with Crippen LogP contribution < -0.4 is 10.5 Å². The summed E-state index contributed by atoms with van der Waals surface area (Å²) in [4.78, 5) is -0.258. The summed E-state index contributed by atoms with van der Waals surface area (Å²) >= 11 is 5.96. The summed E-state index contributed by atoms with van der Waals surface area (Å²) in [6, 6.07) is 7.98. The van der Waals surface area contributed by atoms with Crippen LogP contribution in [0.4, 0.5) is 15.8 Å². The number of anilines is 2. The SMILES string of the molecule is Cc1ccc(NS(=O)(=O)c2cc(N)cc(F)c2)c(Cl)c1. The highest BCUT2D eigenvalue weighted by atomic mass is 35.5. The lowest BCUT2D eigenvalue weighted by atomic mass is 10.2. The van der Waals surface area contributed by atoms with Crippen molar-refractivity contribution < 1.29 is 12.8 Å². The summed E-state index contributed by atoms with van der Waals surface area (Å²) in [5, 5.41) is 0.262. The van der Waals surface area contributed by atoms with Crippen molar-refractivity contribution >= 4 is 33.0 Å². The molecule has 4 nitrogen and oxygen atoms in total. The van der Waals surface area contributed by atoms with Crippen LogP contribution in [0.3, 0.4) is 0 Å². The van der Waals surface area contributed by atoms with Crippen LogP contribution in [0, 0.1) is 12.7 Å². The van der Waals surface area contributed by atoms with Gasteiger partial charge in [-0.2, -0.15) is 0 Å². The molecule has 2 aromatic rings. The van der Waals surface area contributed by atoms with Crippen molar-refractivity contribution in [2.24, 2.45) is 0 Å². The number of aryl methyl sites for hydroxylation is 1. The van der Waals surface area contributed by atoms with Crippen molar-refractivity contribution in [2.45, 2.75) is 11.8 Å². The molecule has 0 amide bonds. The molecule has 0 fully saturated rings. The van der Waals surface area contributed by atoms with Gasteiger partial charge in [0.15, 0.2) is 0 Å². The molecule has 0 atom stereocenters. The van der Waals surface area contributed by atoms with Crippen molar-refractivity contribution in [3.05, 3.63) is 52.8 Å². The van der Waals surface area contributed by atoms with E-state index in [9.17, 15) is 12.8 Å². The summed E-state index contributed by atoms with van der Waals surface area (Å²) in [5.41, 5.74) is 6.59. The Morgan fingerprint density at radius 3 is 2.50 bits per heavy atom. The lowest BCUT2D eigenvalue weighted by molar-refractivity contribution is 0.595. The maximum absolute atomic E-state index is 13.2. The molecule has 3 N–H and O–H groups in total. The third-order valence-electron chi connectivity index (χ3n) is 2.57. The topological polar surface area (TPSA) is 72.2 Å². The van der Waals surface area contributed by atoms with Gasteiger partial charge in [0.25, 0.3) is 10.0 Å². The summed E-state index contributed by atoms with van der Waals surface area (Å²) in [5.74, 6) is -0.722. The molecule has 20 heavy (non-hydrogen) atoms. The first-order valence-corrected chi connectivity index (χ1v) is 7.49. The zero-order chi connectivity index (χ0) is 14.9. The van der Waals surface area contributed by atoms with Crippen LogP contribution in [-0.4, -0.2) is 8.42 Å². The Labute approximate surface area is 121 Å². The van der Waals surface area contributed by atoms with Crippen molar-refractivity contribution in [1.29, 1.82) is 0 Å². The Balaban J connectivity index is 2.40. The second kappa shape index (κ2) is 5.30. The van der Waals surface area contributed by atoms with Gasteiger partial charge in [0.1, 0.15) is 5.82 Å². The highest BCUT2D eigenvalue weighted by molar-refractivity contribution is 7.92. The van der Waals surface area contributed by atoms with Crippen molar-refractivity contribution in [1.82, 2.24) is 0 Å². The molecular formula is C13H12ClFN2O2S. The quantitative estimate of drug-likeness (QED) is 0.855. The summed E-state index contributed by atoms with van der Waals surface area (Å²) < 4.78 is 39.8. The molecule has 0 unspecified atom stereocenters. The van der Waals surface area contributed by atoms with E-state index >= 15 is 0 Å². The van der Waals surface area contributed by atoms with Gasteiger partial charge in [0, 0.05) is 5.69 Å². The number of nitrogen functional groups attached to an aromatic ring is 1. The Hall–Kier alpha value is -1.79. The maximum atomic E-state index is 13.2. The molecule has 0 aromatic heterocycles. The molecule has 0 heterocycles. The van der Waals surface area contributed by atoms with Gasteiger partial charge in [-0.05, 0) is 42.8 Å². The zero-order valence-corrected chi connectivity index (χ0v) is 12.1. The minimum Gasteiger partial charge on any atom is -0.399 e. The fraction of sp³-hybridized carbons (Fsp3) is 0.0769. The fourth-order valence-corrected chi connectivity index (χ4v) is 3.13. The van der Waals surface area contributed by atoms with Crippen molar-refractivity contribution in [2.75, 3.05) is 10.5 Å². The van der Waals surface area contributed by atoms with E-state index in [-0.39, 0.29) is 21.3 Å². The highest BCUT2D eigenvalue weighted by Crippen LogP contribution is 2.26. The first-order valence-electron chi connectivity index (χ1n) is 5.63. The van der Waals surface area contributed by atoms with E-state index in [1.807, 2.05) is 6.92 Å². The predicted molar refractivity (Wildman–Crippen MR) is 77.8 cm³/mol. The van der Waals surface area contributed by atoms with Gasteiger partial charge in [0.05, 0.1) is 15.6 Å². The van der Waals surface area contributed by atoms with Crippen LogP contribution in [0.5, 0.6) is 0 Å². The van der Waals surface area contributed by atoms with Gasteiger partial charge in [0.2, 0.25) is 0 Å². The summed E-state index contributed by atoms with van der Waals surface area (Å²) in [7, 11) is -3.95. The molecule has 0 spiro atoms. The van der Waals surface area contributed by atoms with Crippen LogP contribution >= 0.6 is 11.6 Å². The first kappa shape index (κ1) is 14.6. The number of hydrogen-bond donors (Lipinski definition) is 2. The molecule has 106 valence electrons. The third-order valence-corrected chi connectivity index (χ3v) is 4.23. The number of hydrogen-bond acceptors (Lipinski definition) is 3. The number of nitrogens with two attached hydrogens (primary N) is 1. The van der Waals surface area contributed by atoms with Crippen molar-refractivity contribution in [3.8, 4) is 0 Å². The van der Waals surface area contributed by atoms with E-state index in [2.05, 4.69) is 4.72 Å². The molecule has 2 aromatic carbocycles. The predicted octanol–water partition coefficient (Wildman–Crippen LogP) is 3.17. The van der Waals surface area contributed by atoms with Gasteiger partial charge in [-0.3, -0.25) is 4.72 Å². The average Bonchev–Trinajstić information content (AvgIpc) is 2.31. The fourth-order valence-electron chi connectivity index (χ4n) is 1.65. The largest absolute Gasteiger partial charge is 0.399 e. The van der Waals surface area contributed by atoms with E-state index in [1.165, 1.54) is 12.1 Å². The lowest BCUT2D eigenvalue weighted by Gasteiger charge is -2.10. The summed E-state index contributed by atoms with van der Waals surface area (Å²) in [6.45, 7) is 1.83. The second-order valence-electron chi connectivity index (χ2n) is 4.31. The van der Waals surface area contributed by atoms with Gasteiger partial charge >= 0.3 is 0 Å². The molecule has 0 aliphatic heterocycles. The third kappa shape index (κ3) is 3.20. The Bertz CT molecular complexity index is 743. The van der Waals surface area contributed by atoms with E-state index < -0.39 is 15.8 Å². The molecular weight excluding hydrogens is 303 g/mol. The maximum Gasteiger partial charge on any atom is 0.262 e. The molecule has 0 saturated heterocycles. The van der Waals surface area contributed by atoms with Gasteiger partial charge in [-0.15, -0.1) is 0 Å². The number of halogens is 2. The lowest BCUT2D eigenvalue weighted by Crippen LogP contribution is -2.14. The number of benzene rings is 2. The molecule has 0 bridgehead atoms. The monoisotopic (exact) mass is 314 g/mol. The normalized spacial score (nSPS) is 11.3. The minimum atomic E-state index is -3.95. The average molecular weight is 315 g/mol. The Morgan fingerprint density at radius 1 is 1.20 bits per heavy atom. The standard InChI is InChI=1S/C13H12ClFN2O2S/c1-8-2-3-13(12(14)4-8)17-20(18,19)11-6-9(15)5-10(16)7-11/h2-7,17H,16H2,1H3. The van der Waals surface area contributed by atoms with Gasteiger partial charge in [-0.25, -0.2) is 12.8 Å². The van der Waals surface area contributed by atoms with Crippen molar-refractivity contribution in [3.63, 3.8) is 0 Å². The molecule has 0 radical (unpaired) electrons. The van der Waals surface area contributed by atoms with E-state index in [0.717, 1.165) is 17.7 Å². The van der Waals surface area contributed by atoms with Crippen LogP contribution in [-0.2, 0) is 10.0 Å². The number of nitrogens with one attached hydrogen (secondary N) is 1. The molecule has 0 aliphatic rings. The number of sulfonamides is 1. The smallest absolute Gasteiger partial charge is 0.262 e.